The van der Waals surface area contributed by atoms with E-state index in [2.05, 4.69) is 17.0 Å². The molecule has 3 atom stereocenters. The third kappa shape index (κ3) is 3.39. The molecule has 2 saturated carbocycles. The van der Waals surface area contributed by atoms with E-state index in [9.17, 15) is 0 Å². The van der Waals surface area contributed by atoms with Crippen LogP contribution in [0.5, 0.6) is 5.75 Å². The van der Waals surface area contributed by atoms with Gasteiger partial charge >= 0.3 is 0 Å². The highest BCUT2D eigenvalue weighted by atomic mass is 16.5. The second-order valence-electron chi connectivity index (χ2n) is 7.08. The van der Waals surface area contributed by atoms with E-state index in [1.54, 1.807) is 7.11 Å². The Morgan fingerprint density at radius 2 is 2.04 bits per heavy atom. The van der Waals surface area contributed by atoms with E-state index >= 15 is 0 Å². The van der Waals surface area contributed by atoms with Gasteiger partial charge in [0.05, 0.1) is 25.9 Å². The third-order valence-electron chi connectivity index (χ3n) is 5.46. The van der Waals surface area contributed by atoms with Gasteiger partial charge in [0.15, 0.2) is 0 Å². The van der Waals surface area contributed by atoms with Crippen LogP contribution in [-0.4, -0.2) is 50.0 Å². The predicted molar refractivity (Wildman–Crippen MR) is 88.6 cm³/mol. The van der Waals surface area contributed by atoms with E-state index in [1.807, 2.05) is 12.1 Å². The van der Waals surface area contributed by atoms with Crippen molar-refractivity contribution < 1.29 is 14.2 Å². The summed E-state index contributed by atoms with van der Waals surface area (Å²) in [5.74, 6) is 1.78. The maximum atomic E-state index is 6.30. The fourth-order valence-electron chi connectivity index (χ4n) is 3.97. The molecule has 3 aliphatic rings. The molecule has 2 bridgehead atoms. The Balaban J connectivity index is 1.48. The standard InChI is InChI=1S/C19H27NO3/c1-21-17-5-3-2-4-15(17)12-20-10-11-22-18-9-8-16(20)19(18)23-13-14-6-7-14/h2-5,14,16,18-19H,6-13H2,1H3/t16-,18-,19-/m0/s1. The van der Waals surface area contributed by atoms with Gasteiger partial charge in [-0.3, -0.25) is 4.90 Å². The second kappa shape index (κ2) is 6.80. The minimum Gasteiger partial charge on any atom is -0.496 e. The van der Waals surface area contributed by atoms with Crippen LogP contribution in [0, 0.1) is 5.92 Å². The largest absolute Gasteiger partial charge is 0.496 e. The fraction of sp³-hybridized carbons (Fsp3) is 0.684. The van der Waals surface area contributed by atoms with Crippen molar-refractivity contribution in [3.8, 4) is 5.75 Å². The zero-order valence-electron chi connectivity index (χ0n) is 13.9. The molecule has 0 aromatic heterocycles. The molecule has 0 spiro atoms. The quantitative estimate of drug-likeness (QED) is 0.807. The van der Waals surface area contributed by atoms with Gasteiger partial charge in [-0.05, 0) is 37.7 Å². The van der Waals surface area contributed by atoms with Gasteiger partial charge in [-0.2, -0.15) is 0 Å². The molecule has 1 saturated heterocycles. The van der Waals surface area contributed by atoms with E-state index < -0.39 is 0 Å². The number of ether oxygens (including phenoxy) is 3. The molecule has 0 N–H and O–H groups in total. The van der Waals surface area contributed by atoms with Crippen molar-refractivity contribution in [2.24, 2.45) is 5.92 Å². The Bertz CT molecular complexity index is 531. The highest BCUT2D eigenvalue weighted by Gasteiger charge is 2.43. The van der Waals surface area contributed by atoms with Gasteiger partial charge in [0.2, 0.25) is 0 Å². The van der Waals surface area contributed by atoms with Crippen molar-refractivity contribution in [3.63, 3.8) is 0 Å². The van der Waals surface area contributed by atoms with Crippen LogP contribution in [0.1, 0.15) is 31.2 Å². The van der Waals surface area contributed by atoms with Crippen LogP contribution in [0.3, 0.4) is 0 Å². The minimum atomic E-state index is 0.243. The van der Waals surface area contributed by atoms with Crippen molar-refractivity contribution in [2.75, 3.05) is 26.9 Å². The van der Waals surface area contributed by atoms with E-state index in [4.69, 9.17) is 14.2 Å². The molecule has 0 unspecified atom stereocenters. The Morgan fingerprint density at radius 1 is 1.17 bits per heavy atom. The fourth-order valence-corrected chi connectivity index (χ4v) is 3.97. The lowest BCUT2D eigenvalue weighted by Crippen LogP contribution is -2.43. The van der Waals surface area contributed by atoms with Gasteiger partial charge in [-0.25, -0.2) is 0 Å². The number of para-hydroxylation sites is 1. The monoisotopic (exact) mass is 317 g/mol. The Kier molecular flexibility index (Phi) is 4.56. The van der Waals surface area contributed by atoms with Crippen LogP contribution in [0.2, 0.25) is 0 Å². The molecule has 4 heteroatoms. The van der Waals surface area contributed by atoms with Crippen LogP contribution in [0.4, 0.5) is 0 Å². The number of methoxy groups -OCH3 is 1. The van der Waals surface area contributed by atoms with Gasteiger partial charge in [0, 0.05) is 31.3 Å². The molecular weight excluding hydrogens is 290 g/mol. The van der Waals surface area contributed by atoms with E-state index in [0.717, 1.165) is 44.4 Å². The first-order chi connectivity index (χ1) is 11.3. The Morgan fingerprint density at radius 3 is 2.87 bits per heavy atom. The number of hydrogen-bond acceptors (Lipinski definition) is 4. The molecule has 2 aliphatic carbocycles. The lowest BCUT2D eigenvalue weighted by atomic mass is 10.1. The van der Waals surface area contributed by atoms with E-state index in [-0.39, 0.29) is 6.10 Å². The third-order valence-corrected chi connectivity index (χ3v) is 5.46. The molecule has 0 radical (unpaired) electrons. The van der Waals surface area contributed by atoms with Crippen LogP contribution in [-0.2, 0) is 16.0 Å². The summed E-state index contributed by atoms with van der Waals surface area (Å²) in [7, 11) is 1.75. The zero-order valence-corrected chi connectivity index (χ0v) is 13.9. The molecule has 1 aromatic carbocycles. The van der Waals surface area contributed by atoms with Crippen LogP contribution < -0.4 is 4.74 Å². The van der Waals surface area contributed by atoms with E-state index in [0.29, 0.717) is 12.1 Å². The molecule has 3 fully saturated rings. The van der Waals surface area contributed by atoms with Crippen molar-refractivity contribution >= 4 is 0 Å². The number of nitrogens with zero attached hydrogens (tertiary/aromatic N) is 1. The van der Waals surface area contributed by atoms with Gasteiger partial charge < -0.3 is 14.2 Å². The van der Waals surface area contributed by atoms with Gasteiger partial charge in [0.25, 0.3) is 0 Å². The highest BCUT2D eigenvalue weighted by molar-refractivity contribution is 5.33. The topological polar surface area (TPSA) is 30.9 Å². The first-order valence-corrected chi connectivity index (χ1v) is 8.94. The molecule has 4 rings (SSSR count). The number of benzene rings is 1. The maximum Gasteiger partial charge on any atom is 0.123 e. The summed E-state index contributed by atoms with van der Waals surface area (Å²) in [6, 6.07) is 8.80. The molecule has 126 valence electrons. The van der Waals surface area contributed by atoms with Crippen molar-refractivity contribution in [3.05, 3.63) is 29.8 Å². The maximum absolute atomic E-state index is 6.30. The summed E-state index contributed by atoms with van der Waals surface area (Å²) in [5, 5.41) is 0. The minimum absolute atomic E-state index is 0.243. The first kappa shape index (κ1) is 15.4. The van der Waals surface area contributed by atoms with Crippen LogP contribution in [0.25, 0.3) is 0 Å². The summed E-state index contributed by atoms with van der Waals surface area (Å²) in [4.78, 5) is 2.54. The molecule has 1 aromatic rings. The van der Waals surface area contributed by atoms with Crippen molar-refractivity contribution in [1.82, 2.24) is 4.90 Å². The summed E-state index contributed by atoms with van der Waals surface area (Å²) >= 11 is 0. The average molecular weight is 317 g/mol. The Hall–Kier alpha value is -1.10. The lowest BCUT2D eigenvalue weighted by Gasteiger charge is -2.31. The molecule has 1 heterocycles. The van der Waals surface area contributed by atoms with Gasteiger partial charge in [-0.1, -0.05) is 18.2 Å². The summed E-state index contributed by atoms with van der Waals surface area (Å²) in [6.07, 6.45) is 5.52. The summed E-state index contributed by atoms with van der Waals surface area (Å²) in [6.45, 7) is 3.61. The zero-order chi connectivity index (χ0) is 15.6. The first-order valence-electron chi connectivity index (χ1n) is 8.94. The highest BCUT2D eigenvalue weighted by Crippen LogP contribution is 2.36. The SMILES string of the molecule is COc1ccccc1CN1CCO[C@H]2CC[C@H]1[C@@H]2OCC1CC1. The Labute approximate surface area is 138 Å². The molecule has 0 amide bonds. The average Bonchev–Trinajstić information content (AvgIpc) is 3.32. The normalized spacial score (nSPS) is 31.1. The molecular formula is C19H27NO3. The van der Waals surface area contributed by atoms with Crippen molar-refractivity contribution in [1.29, 1.82) is 0 Å². The smallest absolute Gasteiger partial charge is 0.123 e. The van der Waals surface area contributed by atoms with Crippen molar-refractivity contribution in [2.45, 2.75) is 50.5 Å². The number of rotatable bonds is 6. The lowest BCUT2D eigenvalue weighted by molar-refractivity contribution is -0.0572. The van der Waals surface area contributed by atoms with Gasteiger partial charge in [0.1, 0.15) is 5.75 Å². The van der Waals surface area contributed by atoms with Gasteiger partial charge in [-0.15, -0.1) is 0 Å². The number of fused-ring (bicyclic) bond motifs is 2. The summed E-state index contributed by atoms with van der Waals surface area (Å²) < 4.78 is 17.9. The molecule has 23 heavy (non-hydrogen) atoms. The number of hydrogen-bond donors (Lipinski definition) is 0. The van der Waals surface area contributed by atoms with E-state index in [1.165, 1.54) is 24.8 Å². The van der Waals surface area contributed by atoms with Crippen LogP contribution in [0.15, 0.2) is 24.3 Å². The molecule has 1 aliphatic heterocycles. The van der Waals surface area contributed by atoms with Crippen LogP contribution >= 0.6 is 0 Å². The summed E-state index contributed by atoms with van der Waals surface area (Å²) in [5.41, 5.74) is 1.25. The molecule has 4 nitrogen and oxygen atoms in total. The second-order valence-corrected chi connectivity index (χ2v) is 7.08. The predicted octanol–water partition coefficient (Wildman–Crippen LogP) is 2.85.